The molecule has 0 fully saturated rings. The van der Waals surface area contributed by atoms with Crippen LogP contribution in [0, 0.1) is 6.92 Å². The second-order valence-electron chi connectivity index (χ2n) is 6.14. The molecule has 0 saturated heterocycles. The molecule has 2 aromatic rings. The second-order valence-corrected chi connectivity index (χ2v) is 7.14. The fourth-order valence-corrected chi connectivity index (χ4v) is 3.43. The van der Waals surface area contributed by atoms with Crippen LogP contribution in [-0.2, 0) is 9.59 Å². The third kappa shape index (κ3) is 5.45. The molecule has 2 amide bonds. The zero-order chi connectivity index (χ0) is 20.0. The van der Waals surface area contributed by atoms with E-state index in [1.165, 1.54) is 6.92 Å². The first-order valence-corrected chi connectivity index (χ1v) is 9.47. The molecule has 1 aromatic heterocycles. The summed E-state index contributed by atoms with van der Waals surface area (Å²) in [4.78, 5) is 41.1. The number of ketones is 1. The molecule has 0 aliphatic heterocycles. The maximum absolute atomic E-state index is 12.6. The fourth-order valence-electron chi connectivity index (χ4n) is 2.56. The predicted molar refractivity (Wildman–Crippen MR) is 104 cm³/mol. The Morgan fingerprint density at radius 1 is 1.19 bits per heavy atom. The highest BCUT2D eigenvalue weighted by Gasteiger charge is 2.25. The number of amides is 2. The topological polar surface area (TPSA) is 108 Å². The van der Waals surface area contributed by atoms with Crippen LogP contribution < -0.4 is 10.6 Å². The lowest BCUT2D eigenvalue weighted by atomic mass is 10.1. The van der Waals surface area contributed by atoms with Gasteiger partial charge in [0.2, 0.25) is 5.91 Å². The number of aliphatic hydroxyl groups is 1. The van der Waals surface area contributed by atoms with Crippen LogP contribution in [-0.4, -0.2) is 33.7 Å². The van der Waals surface area contributed by atoms with E-state index in [9.17, 15) is 19.5 Å². The number of anilines is 1. The number of rotatable bonds is 8. The number of benzene rings is 1. The summed E-state index contributed by atoms with van der Waals surface area (Å²) >= 11 is 1.10. The average Bonchev–Trinajstić information content (AvgIpc) is 3.01. The van der Waals surface area contributed by atoms with E-state index in [0.717, 1.165) is 11.3 Å². The van der Waals surface area contributed by atoms with Crippen molar-refractivity contribution < 1.29 is 19.5 Å². The highest BCUT2D eigenvalue weighted by atomic mass is 32.1. The van der Waals surface area contributed by atoms with Gasteiger partial charge >= 0.3 is 0 Å². The van der Waals surface area contributed by atoms with Gasteiger partial charge in [-0.15, -0.1) is 0 Å². The molecule has 0 spiro atoms. The minimum absolute atomic E-state index is 0.116. The molecule has 7 nitrogen and oxygen atoms in total. The number of nitrogens with zero attached hydrogens (tertiary/aromatic N) is 1. The largest absolute Gasteiger partial charge is 0.378 e. The monoisotopic (exact) mass is 389 g/mol. The van der Waals surface area contributed by atoms with Gasteiger partial charge in [0, 0.05) is 6.92 Å². The molecule has 27 heavy (non-hydrogen) atoms. The minimum Gasteiger partial charge on any atom is -0.378 e. The average molecular weight is 389 g/mol. The molecule has 0 bridgehead atoms. The quantitative estimate of drug-likeness (QED) is 0.602. The van der Waals surface area contributed by atoms with Crippen molar-refractivity contribution in [3.05, 3.63) is 46.5 Å². The molecule has 144 valence electrons. The Morgan fingerprint density at radius 3 is 2.41 bits per heavy atom. The number of Topliss-reactive ketones (excluding diaryl/α,β-unsaturated/α-hetero) is 1. The van der Waals surface area contributed by atoms with Crippen molar-refractivity contribution in [3.63, 3.8) is 0 Å². The smallest absolute Gasteiger partial charge is 0.254 e. The molecular weight excluding hydrogens is 366 g/mol. The van der Waals surface area contributed by atoms with Crippen molar-refractivity contribution in [2.45, 2.75) is 45.8 Å². The normalized spacial score (nSPS) is 12.9. The molecule has 8 heteroatoms. The number of carbonyl (C=O) groups excluding carboxylic acids is 3. The number of aryl methyl sites for hydroxylation is 1. The lowest BCUT2D eigenvalue weighted by Crippen LogP contribution is -2.45. The standard InChI is InChI=1S/C19H23N3O4S/c1-4-8-14(21-18(26)15(24)13-9-6-5-7-10-13)17(25)22-19-20-11(2)16(27-19)12(3)23/h5-7,9-10,14-15,24H,4,8H2,1-3H3,(H,21,26)(H,20,22,25). The van der Waals surface area contributed by atoms with Gasteiger partial charge in [0.05, 0.1) is 10.6 Å². The summed E-state index contributed by atoms with van der Waals surface area (Å²) < 4.78 is 0. The van der Waals surface area contributed by atoms with Crippen LogP contribution in [0.4, 0.5) is 5.13 Å². The third-order valence-corrected chi connectivity index (χ3v) is 5.09. The van der Waals surface area contributed by atoms with E-state index in [0.29, 0.717) is 34.1 Å². The number of thiazole rings is 1. The molecule has 0 radical (unpaired) electrons. The Morgan fingerprint density at radius 2 is 1.85 bits per heavy atom. The van der Waals surface area contributed by atoms with Crippen LogP contribution >= 0.6 is 11.3 Å². The zero-order valence-electron chi connectivity index (χ0n) is 15.5. The first-order valence-electron chi connectivity index (χ1n) is 8.66. The van der Waals surface area contributed by atoms with Crippen LogP contribution in [0.15, 0.2) is 30.3 Å². The fraction of sp³-hybridized carbons (Fsp3) is 0.368. The number of nitrogens with one attached hydrogen (secondary N) is 2. The van der Waals surface area contributed by atoms with Gasteiger partial charge in [-0.2, -0.15) is 0 Å². The van der Waals surface area contributed by atoms with E-state index < -0.39 is 24.0 Å². The molecule has 1 heterocycles. The van der Waals surface area contributed by atoms with E-state index in [-0.39, 0.29) is 5.78 Å². The molecule has 2 unspecified atom stereocenters. The van der Waals surface area contributed by atoms with Crippen molar-refractivity contribution in [3.8, 4) is 0 Å². The Labute approximate surface area is 161 Å². The Hall–Kier alpha value is -2.58. The lowest BCUT2D eigenvalue weighted by Gasteiger charge is -2.19. The Kier molecular flexibility index (Phi) is 7.20. The summed E-state index contributed by atoms with van der Waals surface area (Å²) in [5.41, 5.74) is 1.01. The summed E-state index contributed by atoms with van der Waals surface area (Å²) in [5, 5.41) is 15.7. The Bertz CT molecular complexity index is 820. The van der Waals surface area contributed by atoms with E-state index in [1.807, 2.05) is 6.92 Å². The summed E-state index contributed by atoms with van der Waals surface area (Å²) in [7, 11) is 0. The number of hydrogen-bond acceptors (Lipinski definition) is 6. The van der Waals surface area contributed by atoms with Crippen molar-refractivity contribution in [2.24, 2.45) is 0 Å². The summed E-state index contributed by atoms with van der Waals surface area (Å²) in [6.07, 6.45) is -0.289. The van der Waals surface area contributed by atoms with Crippen LogP contribution in [0.5, 0.6) is 0 Å². The van der Waals surface area contributed by atoms with E-state index in [4.69, 9.17) is 0 Å². The lowest BCUT2D eigenvalue weighted by molar-refractivity contribution is -0.133. The van der Waals surface area contributed by atoms with Crippen molar-refractivity contribution in [2.75, 3.05) is 5.32 Å². The highest BCUT2D eigenvalue weighted by Crippen LogP contribution is 2.23. The van der Waals surface area contributed by atoms with Crippen molar-refractivity contribution in [1.82, 2.24) is 10.3 Å². The predicted octanol–water partition coefficient (Wildman–Crippen LogP) is 2.61. The van der Waals surface area contributed by atoms with Crippen LogP contribution in [0.25, 0.3) is 0 Å². The van der Waals surface area contributed by atoms with Crippen LogP contribution in [0.3, 0.4) is 0 Å². The summed E-state index contributed by atoms with van der Waals surface area (Å²) in [6.45, 7) is 5.03. The molecule has 3 N–H and O–H groups in total. The summed E-state index contributed by atoms with van der Waals surface area (Å²) in [5.74, 6) is -1.20. The maximum atomic E-state index is 12.6. The molecule has 2 atom stereocenters. The van der Waals surface area contributed by atoms with Gasteiger partial charge in [-0.25, -0.2) is 4.98 Å². The highest BCUT2D eigenvalue weighted by molar-refractivity contribution is 7.17. The van der Waals surface area contributed by atoms with Crippen molar-refractivity contribution >= 4 is 34.1 Å². The Balaban J connectivity index is 2.07. The van der Waals surface area contributed by atoms with Gasteiger partial charge in [0.15, 0.2) is 17.0 Å². The van der Waals surface area contributed by atoms with Gasteiger partial charge in [-0.3, -0.25) is 14.4 Å². The minimum atomic E-state index is -1.36. The molecule has 2 rings (SSSR count). The SMILES string of the molecule is CCCC(NC(=O)C(O)c1ccccc1)C(=O)Nc1nc(C)c(C(C)=O)s1. The van der Waals surface area contributed by atoms with Gasteiger partial charge < -0.3 is 15.7 Å². The van der Waals surface area contributed by atoms with Gasteiger partial charge in [-0.1, -0.05) is 55.0 Å². The second kappa shape index (κ2) is 9.38. The number of aliphatic hydroxyl groups excluding tert-OH is 1. The van der Waals surface area contributed by atoms with Crippen LogP contribution in [0.1, 0.15) is 53.7 Å². The maximum Gasteiger partial charge on any atom is 0.254 e. The first-order chi connectivity index (χ1) is 12.8. The van der Waals surface area contributed by atoms with Gasteiger partial charge in [0.25, 0.3) is 5.91 Å². The zero-order valence-corrected chi connectivity index (χ0v) is 16.3. The van der Waals surface area contributed by atoms with E-state index in [1.54, 1.807) is 37.3 Å². The van der Waals surface area contributed by atoms with Gasteiger partial charge in [0.1, 0.15) is 6.04 Å². The van der Waals surface area contributed by atoms with Gasteiger partial charge in [-0.05, 0) is 18.9 Å². The molecule has 0 aliphatic carbocycles. The molecule has 1 aromatic carbocycles. The first kappa shape index (κ1) is 20.7. The number of carbonyl (C=O) groups is 3. The summed E-state index contributed by atoms with van der Waals surface area (Å²) in [6, 6.07) is 7.69. The van der Waals surface area contributed by atoms with E-state index >= 15 is 0 Å². The number of hydrogen-bond donors (Lipinski definition) is 3. The molecular formula is C19H23N3O4S. The third-order valence-electron chi connectivity index (χ3n) is 3.92. The molecule has 0 aliphatic rings. The van der Waals surface area contributed by atoms with Crippen molar-refractivity contribution in [1.29, 1.82) is 0 Å². The molecule has 0 saturated carbocycles. The number of aromatic nitrogens is 1. The van der Waals surface area contributed by atoms with Crippen LogP contribution in [0.2, 0.25) is 0 Å². The van der Waals surface area contributed by atoms with E-state index in [2.05, 4.69) is 15.6 Å².